The molecule has 2 aromatic rings. The zero-order chi connectivity index (χ0) is 23.4. The lowest BCUT2D eigenvalue weighted by atomic mass is 10.1. The van der Waals surface area contributed by atoms with Crippen LogP contribution in [0.2, 0.25) is 0 Å². The molecular weight excluding hydrogens is 492 g/mol. The van der Waals surface area contributed by atoms with Gasteiger partial charge in [-0.2, -0.15) is 0 Å². The molecule has 4 rings (SSSR count). The lowest BCUT2D eigenvalue weighted by Crippen LogP contribution is -2.35. The van der Waals surface area contributed by atoms with Crippen molar-refractivity contribution in [2.75, 3.05) is 13.1 Å². The summed E-state index contributed by atoms with van der Waals surface area (Å²) in [6, 6.07) is 11.1. The standard InChI is InChI=1S/C25H26BrF2N3O2/c1-17-29-24(33-16-20-8-9-21(27)13-23(20)28)22(26)15-31(17)14-18-6-5-7-19(12-18)25(32)30-10-3-2-4-11-30/h5-9,12-13,15,17H,2-4,10-11,14,16H2,1H3. The lowest BCUT2D eigenvalue weighted by molar-refractivity contribution is 0.0724. The first kappa shape index (κ1) is 23.4. The molecule has 2 aliphatic heterocycles. The zero-order valence-electron chi connectivity index (χ0n) is 18.4. The Morgan fingerprint density at radius 3 is 2.70 bits per heavy atom. The molecule has 0 spiro atoms. The molecule has 0 N–H and O–H groups in total. The number of hydrogen-bond donors (Lipinski definition) is 0. The largest absolute Gasteiger partial charge is 0.472 e. The number of benzene rings is 2. The maximum Gasteiger partial charge on any atom is 0.253 e. The number of hydrogen-bond acceptors (Lipinski definition) is 4. The van der Waals surface area contributed by atoms with Gasteiger partial charge < -0.3 is 14.5 Å². The van der Waals surface area contributed by atoms with Gasteiger partial charge in [0, 0.05) is 43.0 Å². The van der Waals surface area contributed by atoms with Gasteiger partial charge >= 0.3 is 0 Å². The number of nitrogens with zero attached hydrogens (tertiary/aromatic N) is 3. The van der Waals surface area contributed by atoms with Gasteiger partial charge in [0.15, 0.2) is 0 Å². The van der Waals surface area contributed by atoms with Crippen LogP contribution in [0, 0.1) is 11.6 Å². The maximum absolute atomic E-state index is 13.9. The number of halogens is 3. The molecule has 0 radical (unpaired) electrons. The molecule has 2 aliphatic rings. The number of likely N-dealkylation sites (tertiary alicyclic amines) is 1. The van der Waals surface area contributed by atoms with Gasteiger partial charge in [-0.05, 0) is 71.9 Å². The second kappa shape index (κ2) is 10.5. The van der Waals surface area contributed by atoms with Crippen molar-refractivity contribution in [2.45, 2.75) is 45.5 Å². The molecule has 1 saturated heterocycles. The molecule has 0 aliphatic carbocycles. The van der Waals surface area contributed by atoms with Crippen LogP contribution in [0.5, 0.6) is 0 Å². The molecule has 1 unspecified atom stereocenters. The highest BCUT2D eigenvalue weighted by Crippen LogP contribution is 2.24. The normalized spacial score (nSPS) is 18.6. The number of rotatable bonds is 5. The summed E-state index contributed by atoms with van der Waals surface area (Å²) < 4.78 is 33.3. The molecular formula is C25H26BrF2N3O2. The fourth-order valence-electron chi connectivity index (χ4n) is 3.98. The van der Waals surface area contributed by atoms with E-state index in [1.54, 1.807) is 0 Å². The fourth-order valence-corrected chi connectivity index (χ4v) is 4.46. The summed E-state index contributed by atoms with van der Waals surface area (Å²) in [5, 5.41) is 0. The highest BCUT2D eigenvalue weighted by Gasteiger charge is 2.22. The fraction of sp³-hybridized carbons (Fsp3) is 0.360. The summed E-state index contributed by atoms with van der Waals surface area (Å²) in [6.45, 7) is 4.09. The molecule has 33 heavy (non-hydrogen) atoms. The summed E-state index contributed by atoms with van der Waals surface area (Å²) >= 11 is 3.48. The molecule has 174 valence electrons. The molecule has 5 nitrogen and oxygen atoms in total. The molecule has 1 amide bonds. The Morgan fingerprint density at radius 1 is 1.15 bits per heavy atom. The second-order valence-corrected chi connectivity index (χ2v) is 9.15. The molecule has 0 aromatic heterocycles. The molecule has 1 fully saturated rings. The summed E-state index contributed by atoms with van der Waals surface area (Å²) in [5.74, 6) is -0.836. The van der Waals surface area contributed by atoms with Gasteiger partial charge in [0.1, 0.15) is 24.4 Å². The molecule has 8 heteroatoms. The molecule has 2 heterocycles. The minimum absolute atomic E-state index is 0.0543. The first-order chi connectivity index (χ1) is 15.9. The highest BCUT2D eigenvalue weighted by molar-refractivity contribution is 9.12. The van der Waals surface area contributed by atoms with Crippen LogP contribution in [0.15, 0.2) is 58.1 Å². The quantitative estimate of drug-likeness (QED) is 0.518. The van der Waals surface area contributed by atoms with Gasteiger partial charge in [0.2, 0.25) is 5.90 Å². The van der Waals surface area contributed by atoms with E-state index in [2.05, 4.69) is 20.9 Å². The van der Waals surface area contributed by atoms with Crippen molar-refractivity contribution in [3.63, 3.8) is 0 Å². The predicted molar refractivity (Wildman–Crippen MR) is 127 cm³/mol. The predicted octanol–water partition coefficient (Wildman–Crippen LogP) is 5.60. The van der Waals surface area contributed by atoms with Gasteiger partial charge in [-0.15, -0.1) is 0 Å². The van der Waals surface area contributed by atoms with Gasteiger partial charge in [0.25, 0.3) is 5.91 Å². The zero-order valence-corrected chi connectivity index (χ0v) is 20.0. The minimum Gasteiger partial charge on any atom is -0.472 e. The van der Waals surface area contributed by atoms with Crippen LogP contribution >= 0.6 is 15.9 Å². The minimum atomic E-state index is -0.653. The third-order valence-corrected chi connectivity index (χ3v) is 6.37. The summed E-state index contributed by atoms with van der Waals surface area (Å²) in [5.41, 5.74) is 1.97. The molecule has 1 atom stereocenters. The monoisotopic (exact) mass is 517 g/mol. The van der Waals surface area contributed by atoms with Crippen molar-refractivity contribution < 1.29 is 18.3 Å². The van der Waals surface area contributed by atoms with Crippen molar-refractivity contribution >= 4 is 27.7 Å². The highest BCUT2D eigenvalue weighted by atomic mass is 79.9. The smallest absolute Gasteiger partial charge is 0.253 e. The Balaban J connectivity index is 1.40. The van der Waals surface area contributed by atoms with Gasteiger partial charge in [-0.25, -0.2) is 13.8 Å². The van der Waals surface area contributed by atoms with E-state index in [0.717, 1.165) is 37.6 Å². The van der Waals surface area contributed by atoms with Crippen molar-refractivity contribution in [2.24, 2.45) is 4.99 Å². The third-order valence-electron chi connectivity index (χ3n) is 5.83. The van der Waals surface area contributed by atoms with E-state index in [1.165, 1.54) is 18.6 Å². The van der Waals surface area contributed by atoms with Crippen LogP contribution in [0.1, 0.15) is 47.7 Å². The van der Waals surface area contributed by atoms with E-state index < -0.39 is 11.6 Å². The van der Waals surface area contributed by atoms with E-state index in [4.69, 9.17) is 4.74 Å². The van der Waals surface area contributed by atoms with Crippen LogP contribution in [-0.4, -0.2) is 40.9 Å². The van der Waals surface area contributed by atoms with Gasteiger partial charge in [-0.3, -0.25) is 4.79 Å². The van der Waals surface area contributed by atoms with Crippen LogP contribution in [0.3, 0.4) is 0 Å². The Kier molecular flexibility index (Phi) is 7.42. The van der Waals surface area contributed by atoms with Gasteiger partial charge in [-0.1, -0.05) is 12.1 Å². The SMILES string of the molecule is CC1N=C(OCc2ccc(F)cc2F)C(Br)=CN1Cc1cccc(C(=O)N2CCCCC2)c1. The van der Waals surface area contributed by atoms with Crippen LogP contribution in [-0.2, 0) is 17.9 Å². The number of amides is 1. The summed E-state index contributed by atoms with van der Waals surface area (Å²) in [6.07, 6.45) is 4.97. The Bertz CT molecular complexity index is 1080. The van der Waals surface area contributed by atoms with E-state index in [0.29, 0.717) is 22.5 Å². The van der Waals surface area contributed by atoms with Crippen LogP contribution < -0.4 is 0 Å². The average molecular weight is 518 g/mol. The first-order valence-electron chi connectivity index (χ1n) is 11.1. The topological polar surface area (TPSA) is 45.1 Å². The Morgan fingerprint density at radius 2 is 1.94 bits per heavy atom. The summed E-state index contributed by atoms with van der Waals surface area (Å²) in [4.78, 5) is 21.4. The Labute approximate surface area is 200 Å². The van der Waals surface area contributed by atoms with Crippen molar-refractivity contribution in [1.29, 1.82) is 0 Å². The number of ether oxygens (including phenoxy) is 1. The van der Waals surface area contributed by atoms with E-state index >= 15 is 0 Å². The first-order valence-corrected chi connectivity index (χ1v) is 11.9. The van der Waals surface area contributed by atoms with Gasteiger partial charge in [0.05, 0.1) is 4.48 Å². The summed E-state index contributed by atoms with van der Waals surface area (Å²) in [7, 11) is 0. The number of aliphatic imine (C=N–C) groups is 1. The average Bonchev–Trinajstić information content (AvgIpc) is 2.81. The van der Waals surface area contributed by atoms with E-state index in [9.17, 15) is 13.6 Å². The van der Waals surface area contributed by atoms with Crippen molar-refractivity contribution in [3.05, 3.63) is 81.5 Å². The number of carbonyl (C=O) groups is 1. The molecule has 0 saturated carbocycles. The van der Waals surface area contributed by atoms with E-state index in [1.807, 2.05) is 47.2 Å². The maximum atomic E-state index is 13.9. The van der Waals surface area contributed by atoms with E-state index in [-0.39, 0.29) is 24.2 Å². The third kappa shape index (κ3) is 5.79. The van der Waals surface area contributed by atoms with Crippen LogP contribution in [0.4, 0.5) is 8.78 Å². The number of carbonyl (C=O) groups excluding carboxylic acids is 1. The van der Waals surface area contributed by atoms with Crippen molar-refractivity contribution in [1.82, 2.24) is 9.80 Å². The van der Waals surface area contributed by atoms with Crippen molar-refractivity contribution in [3.8, 4) is 0 Å². The Hall–Kier alpha value is -2.74. The van der Waals surface area contributed by atoms with Crippen LogP contribution in [0.25, 0.3) is 0 Å². The second-order valence-electron chi connectivity index (χ2n) is 8.29. The number of piperidine rings is 1. The molecule has 2 aromatic carbocycles. The lowest BCUT2D eigenvalue weighted by Gasteiger charge is -2.30. The molecule has 0 bridgehead atoms.